The Hall–Kier alpha value is -10.0. The number of ether oxygens (including phenoxy) is 2. The van der Waals surface area contributed by atoms with Crippen LogP contribution < -0.4 is 63.1 Å². The number of unbranched alkanes of at least 4 members (excludes halogenated alkanes) is 6. The number of thioether (sulfide) groups is 2. The Balaban J connectivity index is 0.000000192. The van der Waals surface area contributed by atoms with Crippen LogP contribution in [0.2, 0.25) is 0 Å². The molecule has 0 unspecified atom stereocenters. The van der Waals surface area contributed by atoms with Gasteiger partial charge in [0.1, 0.15) is 34.5 Å². The highest BCUT2D eigenvalue weighted by molar-refractivity contribution is 8.00. The van der Waals surface area contributed by atoms with Gasteiger partial charge in [-0.15, -0.1) is 0 Å². The van der Waals surface area contributed by atoms with Gasteiger partial charge in [-0.25, -0.2) is 19.9 Å². The second kappa shape index (κ2) is 37.6. The van der Waals surface area contributed by atoms with Crippen molar-refractivity contribution in [2.75, 3.05) is 60.7 Å². The van der Waals surface area contributed by atoms with Gasteiger partial charge in [0.15, 0.2) is 11.6 Å². The molecule has 4 saturated heterocycles. The molecule has 12 N–H and O–H groups in total. The van der Waals surface area contributed by atoms with Crippen LogP contribution in [0.15, 0.2) is 97.1 Å². The molecule has 556 valence electrons. The zero-order valence-corrected chi connectivity index (χ0v) is 60.8. The van der Waals surface area contributed by atoms with E-state index >= 15 is 0 Å². The highest BCUT2D eigenvalue weighted by atomic mass is 32.2. The van der Waals surface area contributed by atoms with Crippen molar-refractivity contribution < 1.29 is 62.5 Å². The number of nitrogens with one attached hydrogen (secondary N) is 5. The van der Waals surface area contributed by atoms with Gasteiger partial charge in [0.25, 0.3) is 23.6 Å². The number of carboxylic acids is 1. The van der Waals surface area contributed by atoms with Crippen molar-refractivity contribution >= 4 is 106 Å². The zero-order valence-electron chi connectivity index (χ0n) is 59.2. The number of hydrogen-bond acceptors (Lipinski definition) is 19. The first-order valence-electron chi connectivity index (χ1n) is 36.1. The highest BCUT2D eigenvalue weighted by Gasteiger charge is 2.44. The summed E-state index contributed by atoms with van der Waals surface area (Å²) >= 11 is 3.88. The van der Waals surface area contributed by atoms with Gasteiger partial charge in [-0.3, -0.25) is 57.7 Å². The van der Waals surface area contributed by atoms with Gasteiger partial charge in [-0.2, -0.15) is 23.5 Å². The van der Waals surface area contributed by atoms with Crippen molar-refractivity contribution in [1.82, 2.24) is 46.5 Å². The summed E-state index contributed by atoms with van der Waals surface area (Å²) in [4.78, 5) is 143. The van der Waals surface area contributed by atoms with Gasteiger partial charge in [0.05, 0.1) is 37.4 Å². The molecule has 12 rings (SSSR count). The van der Waals surface area contributed by atoms with E-state index in [1.165, 1.54) is 9.80 Å². The molecule has 4 aromatic carbocycles. The average molecular weight is 1470 g/mol. The number of carboxylic acid groups (broad SMARTS) is 1. The molecule has 105 heavy (non-hydrogen) atoms. The maximum absolute atomic E-state index is 13.3. The number of carbonyl (C=O) groups is 10. The van der Waals surface area contributed by atoms with E-state index in [1.54, 1.807) is 97.1 Å². The molecular formula is C76H92N14O13S2. The molecule has 0 bridgehead atoms. The number of anilines is 4. The topological polar surface area (TPSA) is 406 Å². The Morgan fingerprint density at radius 1 is 0.543 bits per heavy atom. The smallest absolute Gasteiger partial charge is 0.303 e. The number of aliphatic carboxylic acids is 1. The molecule has 6 atom stereocenters. The second-order valence-electron chi connectivity index (χ2n) is 26.4. The summed E-state index contributed by atoms with van der Waals surface area (Å²) < 4.78 is 11.0. The van der Waals surface area contributed by atoms with Gasteiger partial charge in [-0.1, -0.05) is 31.4 Å². The van der Waals surface area contributed by atoms with Crippen LogP contribution in [0.4, 0.5) is 23.0 Å². The Morgan fingerprint density at radius 3 is 1.39 bits per heavy atom. The SMILES string of the molecule is CCOc1ccc(-c2nc(C(N)=O)c3c(n2)N(c2cccc(C(=O)NCCCCCN)c2)C(=O)C3)cc1.CCOc1ccc(-c2nc(C(N)=O)c3c(n2)N(c2cccc(C(=O)NCCCCCNC(=O)CCCC[C@@H]4SC[C@@H]5NC(=O)C[C@@H]54)c2)C(=O)C3)cc1.O=C(O)CCCC[C@@H]1SC[C@@H]2NC(=O)C[C@@H]21. The lowest BCUT2D eigenvalue weighted by molar-refractivity contribution is -0.137. The molecular weight excluding hydrogens is 1380 g/mol. The van der Waals surface area contributed by atoms with Crippen LogP contribution in [0.3, 0.4) is 0 Å². The monoisotopic (exact) mass is 1470 g/mol. The van der Waals surface area contributed by atoms with Gasteiger partial charge in [0.2, 0.25) is 29.5 Å². The van der Waals surface area contributed by atoms with Gasteiger partial charge < -0.3 is 58.4 Å². The molecule has 0 spiro atoms. The summed E-state index contributed by atoms with van der Waals surface area (Å²) in [6.07, 6.45) is 12.6. The van der Waals surface area contributed by atoms with Gasteiger partial charge >= 0.3 is 5.97 Å². The summed E-state index contributed by atoms with van der Waals surface area (Å²) in [7, 11) is 0. The lowest BCUT2D eigenvalue weighted by atomic mass is 9.94. The predicted octanol–water partition coefficient (Wildman–Crippen LogP) is 8.03. The van der Waals surface area contributed by atoms with E-state index in [4.69, 9.17) is 31.8 Å². The largest absolute Gasteiger partial charge is 0.494 e. The fourth-order valence-electron chi connectivity index (χ4n) is 13.8. The quantitative estimate of drug-likeness (QED) is 0.0176. The van der Waals surface area contributed by atoms with Crippen molar-refractivity contribution in [3.8, 4) is 34.3 Å². The van der Waals surface area contributed by atoms with Crippen LogP contribution in [-0.2, 0) is 41.6 Å². The molecule has 27 nitrogen and oxygen atoms in total. The lowest BCUT2D eigenvalue weighted by Crippen LogP contribution is -2.29. The van der Waals surface area contributed by atoms with E-state index in [0.29, 0.717) is 149 Å². The molecule has 8 heterocycles. The summed E-state index contributed by atoms with van der Waals surface area (Å²) in [5.41, 5.74) is 20.4. The number of nitrogens with zero attached hydrogens (tertiary/aromatic N) is 6. The fraction of sp³-hybridized carbons (Fsp3) is 0.447. The van der Waals surface area contributed by atoms with Crippen LogP contribution in [0.1, 0.15) is 169 Å². The molecule has 2 aromatic heterocycles. The third-order valence-corrected chi connectivity index (χ3v) is 22.1. The molecule has 0 aliphatic carbocycles. The van der Waals surface area contributed by atoms with E-state index in [0.717, 1.165) is 88.6 Å². The Labute approximate surface area is 618 Å². The van der Waals surface area contributed by atoms with Crippen LogP contribution in [0, 0.1) is 11.8 Å². The Kier molecular flexibility index (Phi) is 27.8. The molecule has 6 aromatic rings. The number of amides is 9. The lowest BCUT2D eigenvalue weighted by Gasteiger charge is -2.18. The molecule has 9 amide bonds. The molecule has 29 heteroatoms. The first kappa shape index (κ1) is 77.6. The maximum atomic E-state index is 13.3. The number of hydrogen-bond donors (Lipinski definition) is 9. The van der Waals surface area contributed by atoms with Crippen LogP contribution >= 0.6 is 23.5 Å². The number of nitrogens with two attached hydrogens (primary N) is 3. The predicted molar refractivity (Wildman–Crippen MR) is 400 cm³/mol. The number of benzene rings is 4. The summed E-state index contributed by atoms with van der Waals surface area (Å²) in [6.45, 7) is 7.05. The van der Waals surface area contributed by atoms with E-state index in [-0.39, 0.29) is 95.3 Å². The summed E-state index contributed by atoms with van der Waals surface area (Å²) in [5, 5.41) is 24.5. The summed E-state index contributed by atoms with van der Waals surface area (Å²) in [5.74, 6) is 2.41. The van der Waals surface area contributed by atoms with Crippen molar-refractivity contribution in [3.05, 3.63) is 131 Å². The van der Waals surface area contributed by atoms with Crippen molar-refractivity contribution in [2.45, 2.75) is 152 Å². The standard InChI is InChI=1S/C38H45N7O6S.C27H30N6O4.C11H17NO3S/c1-2-51-26-15-13-23(14-16-26)36-43-34(35(39)49)28-21-33(48)45(37(28)44-36)25-10-8-9-24(19-25)38(50)41-18-7-3-6-17-40-31(46)12-5-4-11-30-27-20-32(47)42-29(27)22-52-30;1-2-37-20-11-9-17(10-12-20)25-31-23(24(29)35)21-16-22(34)33(26(21)32-25)19-8-6-7-18(15-19)27(36)30-14-5-3-4-13-28;13-10-5-7-8(12-10)6-16-9(7)3-1-2-4-11(14)15/h8-10,13-16,19,27,29-30H,2-7,11-12,17-18,20-22H2,1H3,(H2,39,49)(H,40,46)(H,41,50)(H,42,47);6-12,15H,2-5,13-14,16,28H2,1H3,(H2,29,35)(H,30,36);7-9H,1-6H2,(H,12,13)(H,14,15)/t27-,29-,30-;;7-,8-,9-/m0.0/s1. The van der Waals surface area contributed by atoms with Crippen LogP contribution in [0.25, 0.3) is 22.8 Å². The minimum Gasteiger partial charge on any atom is -0.494 e. The van der Waals surface area contributed by atoms with E-state index < -0.39 is 17.8 Å². The average Bonchev–Trinajstić information content (AvgIpc) is 1.64. The summed E-state index contributed by atoms with van der Waals surface area (Å²) in [6, 6.07) is 28.3. The Bertz CT molecular complexity index is 4150. The second-order valence-corrected chi connectivity index (χ2v) is 29.0. The third kappa shape index (κ3) is 20.5. The molecule has 6 aliphatic heterocycles. The highest BCUT2D eigenvalue weighted by Crippen LogP contribution is 2.43. The number of fused-ring (bicyclic) bond motifs is 4. The fourth-order valence-corrected chi connectivity index (χ4v) is 17.1. The number of carbonyl (C=O) groups excluding carboxylic acids is 9. The van der Waals surface area contributed by atoms with Crippen molar-refractivity contribution in [2.24, 2.45) is 29.0 Å². The van der Waals surface area contributed by atoms with E-state index in [1.807, 2.05) is 37.4 Å². The minimum absolute atomic E-state index is 0.00360. The zero-order chi connectivity index (χ0) is 74.5. The van der Waals surface area contributed by atoms with Crippen LogP contribution in [0.5, 0.6) is 11.5 Å². The molecule has 6 aliphatic rings. The number of aromatic nitrogens is 4. The normalized spacial score (nSPS) is 18.7. The molecule has 0 saturated carbocycles. The van der Waals surface area contributed by atoms with Crippen molar-refractivity contribution in [3.63, 3.8) is 0 Å². The minimum atomic E-state index is -0.763. The third-order valence-electron chi connectivity index (χ3n) is 19.0. The van der Waals surface area contributed by atoms with Gasteiger partial charge in [-0.05, 0) is 163 Å². The van der Waals surface area contributed by atoms with Crippen LogP contribution in [-0.4, -0.2) is 158 Å². The van der Waals surface area contributed by atoms with E-state index in [9.17, 15) is 47.9 Å². The number of primary amides is 2. The number of rotatable bonds is 33. The first-order chi connectivity index (χ1) is 50.8. The molecule has 0 radical (unpaired) electrons. The Morgan fingerprint density at radius 2 is 0.971 bits per heavy atom. The van der Waals surface area contributed by atoms with Crippen molar-refractivity contribution in [1.29, 1.82) is 0 Å². The molecule has 4 fully saturated rings. The van der Waals surface area contributed by atoms with Gasteiger partial charge in [0, 0.05) is 125 Å². The van der Waals surface area contributed by atoms with E-state index in [2.05, 4.69) is 46.5 Å². The first-order valence-corrected chi connectivity index (χ1v) is 38.2. The maximum Gasteiger partial charge on any atom is 0.303 e.